The molecule has 0 saturated heterocycles. The van der Waals surface area contributed by atoms with Crippen molar-refractivity contribution in [3.8, 4) is 6.07 Å². The minimum Gasteiger partial charge on any atom is -0.520 e. The first-order chi connectivity index (χ1) is 13.2. The van der Waals surface area contributed by atoms with Crippen molar-refractivity contribution in [2.45, 2.75) is 65.1 Å². The molecule has 0 unspecified atom stereocenters. The summed E-state index contributed by atoms with van der Waals surface area (Å²) in [5.41, 5.74) is 1.79. The average molecular weight is 403 g/mol. The van der Waals surface area contributed by atoms with Gasteiger partial charge in [-0.15, -0.1) is 0 Å². The second kappa shape index (κ2) is 9.65. The SMILES string of the molecule is CC(C)[C@H](NC(=O)OCc1ccccc1)[C@@H]1CC(CC#N)=C(O[Si](C)(C)C)O1. The first kappa shape index (κ1) is 21.8. The molecule has 2 rings (SSSR count). The third-order valence-corrected chi connectivity index (χ3v) is 5.10. The van der Waals surface area contributed by atoms with Crippen molar-refractivity contribution < 1.29 is 18.7 Å². The van der Waals surface area contributed by atoms with Crippen LogP contribution >= 0.6 is 0 Å². The van der Waals surface area contributed by atoms with Gasteiger partial charge in [0.05, 0.1) is 18.5 Å². The van der Waals surface area contributed by atoms with Crippen molar-refractivity contribution in [1.29, 1.82) is 5.26 Å². The molecule has 1 aliphatic heterocycles. The molecule has 7 heteroatoms. The molecule has 1 aromatic carbocycles. The van der Waals surface area contributed by atoms with Crippen molar-refractivity contribution >= 4 is 14.4 Å². The van der Waals surface area contributed by atoms with Crippen LogP contribution in [0.2, 0.25) is 19.6 Å². The largest absolute Gasteiger partial charge is 0.520 e. The normalized spacial score (nSPS) is 17.7. The lowest BCUT2D eigenvalue weighted by Crippen LogP contribution is -2.47. The standard InChI is InChI=1S/C21H30N2O4Si/c1-15(2)19(23-21(24)25-14-16-9-7-6-8-10-16)18-13-17(11-12-22)20(26-18)27-28(3,4)5/h6-10,15,18-19H,11,13-14H2,1-5H3,(H,23,24)/t18-,19-/m0/s1. The number of hydrogen-bond donors (Lipinski definition) is 1. The first-order valence-corrected chi connectivity index (χ1v) is 13.0. The lowest BCUT2D eigenvalue weighted by Gasteiger charge is -2.29. The van der Waals surface area contributed by atoms with Gasteiger partial charge in [-0.1, -0.05) is 44.2 Å². The highest BCUT2D eigenvalue weighted by molar-refractivity contribution is 6.70. The minimum atomic E-state index is -1.87. The third-order valence-electron chi connectivity index (χ3n) is 4.30. The molecule has 1 aliphatic rings. The lowest BCUT2D eigenvalue weighted by atomic mass is 9.94. The molecule has 1 amide bonds. The average Bonchev–Trinajstić information content (AvgIpc) is 2.99. The van der Waals surface area contributed by atoms with Gasteiger partial charge in [0.1, 0.15) is 12.7 Å². The molecule has 1 N–H and O–H groups in total. The zero-order chi connectivity index (χ0) is 20.7. The maximum absolute atomic E-state index is 12.3. The first-order valence-electron chi connectivity index (χ1n) is 9.61. The highest BCUT2D eigenvalue weighted by atomic mass is 28.4. The Hall–Kier alpha value is -2.46. The van der Waals surface area contributed by atoms with E-state index in [0.717, 1.165) is 11.1 Å². The van der Waals surface area contributed by atoms with Crippen LogP contribution in [0.4, 0.5) is 4.79 Å². The molecule has 0 aliphatic carbocycles. The Bertz CT molecular complexity index is 735. The number of nitrogens with zero attached hydrogens (tertiary/aromatic N) is 1. The number of benzene rings is 1. The van der Waals surface area contributed by atoms with Crippen LogP contribution in [0, 0.1) is 17.2 Å². The monoisotopic (exact) mass is 402 g/mol. The highest BCUT2D eigenvalue weighted by Crippen LogP contribution is 2.33. The Morgan fingerprint density at radius 3 is 2.57 bits per heavy atom. The van der Waals surface area contributed by atoms with Crippen molar-refractivity contribution in [3.05, 3.63) is 47.4 Å². The molecule has 0 fully saturated rings. The Labute approximate surface area is 168 Å². The fraction of sp³-hybridized carbons (Fsp3) is 0.524. The second-order valence-electron chi connectivity index (χ2n) is 8.28. The number of alkyl carbamates (subject to hydrolysis) is 1. The Morgan fingerprint density at radius 1 is 1.32 bits per heavy atom. The summed E-state index contributed by atoms with van der Waals surface area (Å²) >= 11 is 0. The van der Waals surface area contributed by atoms with E-state index in [1.807, 2.05) is 44.2 Å². The van der Waals surface area contributed by atoms with E-state index in [2.05, 4.69) is 31.0 Å². The van der Waals surface area contributed by atoms with Gasteiger partial charge in [-0.2, -0.15) is 5.26 Å². The summed E-state index contributed by atoms with van der Waals surface area (Å²) in [6.45, 7) is 10.5. The predicted molar refractivity (Wildman–Crippen MR) is 110 cm³/mol. The van der Waals surface area contributed by atoms with E-state index in [1.165, 1.54) is 0 Å². The van der Waals surface area contributed by atoms with Crippen molar-refractivity contribution in [1.82, 2.24) is 5.32 Å². The molecule has 0 saturated carbocycles. The van der Waals surface area contributed by atoms with Gasteiger partial charge in [-0.3, -0.25) is 0 Å². The van der Waals surface area contributed by atoms with Gasteiger partial charge in [-0.05, 0) is 31.1 Å². The van der Waals surface area contributed by atoms with Crippen LogP contribution in [0.3, 0.4) is 0 Å². The summed E-state index contributed by atoms with van der Waals surface area (Å²) in [4.78, 5) is 12.3. The number of carbonyl (C=O) groups is 1. The molecule has 152 valence electrons. The molecular weight excluding hydrogens is 372 g/mol. The van der Waals surface area contributed by atoms with Gasteiger partial charge in [0.15, 0.2) is 0 Å². The van der Waals surface area contributed by atoms with Gasteiger partial charge in [0, 0.05) is 12.0 Å². The van der Waals surface area contributed by atoms with Crippen LogP contribution in [0.5, 0.6) is 0 Å². The lowest BCUT2D eigenvalue weighted by molar-refractivity contribution is 0.0288. The van der Waals surface area contributed by atoms with Gasteiger partial charge < -0.3 is 19.2 Å². The smallest absolute Gasteiger partial charge is 0.407 e. The molecular formula is C21H30N2O4Si. The van der Waals surface area contributed by atoms with Crippen LogP contribution in [0.1, 0.15) is 32.3 Å². The summed E-state index contributed by atoms with van der Waals surface area (Å²) in [5, 5.41) is 12.1. The van der Waals surface area contributed by atoms with Crippen molar-refractivity contribution in [2.24, 2.45) is 5.92 Å². The van der Waals surface area contributed by atoms with Crippen LogP contribution in [-0.2, 0) is 20.5 Å². The number of hydrogen-bond acceptors (Lipinski definition) is 5. The molecule has 1 heterocycles. The number of nitriles is 1. The van der Waals surface area contributed by atoms with Crippen LogP contribution in [0.25, 0.3) is 0 Å². The zero-order valence-electron chi connectivity index (χ0n) is 17.3. The quantitative estimate of drug-likeness (QED) is 0.637. The molecule has 0 aromatic heterocycles. The molecule has 28 heavy (non-hydrogen) atoms. The second-order valence-corrected chi connectivity index (χ2v) is 12.7. The van der Waals surface area contributed by atoms with Gasteiger partial charge in [0.25, 0.3) is 5.95 Å². The number of ether oxygens (including phenoxy) is 2. The van der Waals surface area contributed by atoms with Crippen LogP contribution in [0.15, 0.2) is 41.9 Å². The number of carbonyl (C=O) groups excluding carboxylic acids is 1. The summed E-state index contributed by atoms with van der Waals surface area (Å²) in [5.74, 6) is 0.597. The fourth-order valence-corrected chi connectivity index (χ4v) is 3.74. The maximum Gasteiger partial charge on any atom is 0.407 e. The van der Waals surface area contributed by atoms with Crippen molar-refractivity contribution in [2.75, 3.05) is 0 Å². The third kappa shape index (κ3) is 6.61. The van der Waals surface area contributed by atoms with E-state index >= 15 is 0 Å². The summed E-state index contributed by atoms with van der Waals surface area (Å²) in [6, 6.07) is 11.5. The van der Waals surface area contributed by atoms with E-state index in [4.69, 9.17) is 19.2 Å². The van der Waals surface area contributed by atoms with Gasteiger partial charge >= 0.3 is 6.09 Å². The molecule has 0 bridgehead atoms. The molecule has 0 spiro atoms. The summed E-state index contributed by atoms with van der Waals surface area (Å²) in [6.07, 6.45) is 0.0703. The molecule has 2 atom stereocenters. The van der Waals surface area contributed by atoms with E-state index in [1.54, 1.807) is 0 Å². The Morgan fingerprint density at radius 2 is 2.00 bits per heavy atom. The predicted octanol–water partition coefficient (Wildman–Crippen LogP) is 4.70. The van der Waals surface area contributed by atoms with Gasteiger partial charge in [-0.25, -0.2) is 4.79 Å². The number of rotatable bonds is 8. The Kier molecular flexibility index (Phi) is 7.52. The minimum absolute atomic E-state index is 0.129. The fourth-order valence-electron chi connectivity index (χ4n) is 2.99. The van der Waals surface area contributed by atoms with E-state index in [0.29, 0.717) is 12.4 Å². The van der Waals surface area contributed by atoms with Gasteiger partial charge in [0.2, 0.25) is 8.32 Å². The molecule has 1 aromatic rings. The zero-order valence-corrected chi connectivity index (χ0v) is 18.3. The van der Waals surface area contributed by atoms with Crippen LogP contribution < -0.4 is 5.32 Å². The summed E-state index contributed by atoms with van der Waals surface area (Å²) < 4.78 is 17.5. The molecule has 6 nitrogen and oxygen atoms in total. The van der Waals surface area contributed by atoms with E-state index < -0.39 is 14.4 Å². The number of nitrogens with one attached hydrogen (secondary N) is 1. The highest BCUT2D eigenvalue weighted by Gasteiger charge is 2.37. The van der Waals surface area contributed by atoms with Crippen molar-refractivity contribution in [3.63, 3.8) is 0 Å². The molecule has 0 radical (unpaired) electrons. The number of amides is 1. The summed E-state index contributed by atoms with van der Waals surface area (Å²) in [7, 11) is -1.87. The van der Waals surface area contributed by atoms with E-state index in [9.17, 15) is 4.79 Å². The topological polar surface area (TPSA) is 80.6 Å². The van der Waals surface area contributed by atoms with E-state index in [-0.39, 0.29) is 31.1 Å². The van der Waals surface area contributed by atoms with Crippen LogP contribution in [-0.4, -0.2) is 26.6 Å². The Balaban J connectivity index is 2.00. The maximum atomic E-state index is 12.3.